The Labute approximate surface area is 190 Å². The molecule has 0 spiro atoms. The quantitative estimate of drug-likeness (QED) is 0.306. The second-order valence-corrected chi connectivity index (χ2v) is 8.53. The number of sulfonamides is 1. The molecule has 0 amide bonds. The van der Waals surface area contributed by atoms with Gasteiger partial charge in [-0.25, -0.2) is 12.7 Å². The molecular formula is C19H30IN5O3S. The third-order valence-electron chi connectivity index (χ3n) is 4.44. The molecule has 0 unspecified atom stereocenters. The van der Waals surface area contributed by atoms with Crippen molar-refractivity contribution in [3.8, 4) is 0 Å². The van der Waals surface area contributed by atoms with Crippen LogP contribution in [-0.4, -0.2) is 45.0 Å². The number of aliphatic imine (C=N–C) groups is 1. The van der Waals surface area contributed by atoms with Crippen molar-refractivity contribution in [3.05, 3.63) is 46.8 Å². The molecule has 0 aliphatic heterocycles. The molecule has 0 saturated heterocycles. The van der Waals surface area contributed by atoms with Crippen molar-refractivity contribution in [1.29, 1.82) is 0 Å². The average molecular weight is 535 g/mol. The summed E-state index contributed by atoms with van der Waals surface area (Å²) in [7, 11) is 1.20. The molecule has 8 nitrogen and oxygen atoms in total. The lowest BCUT2D eigenvalue weighted by Crippen LogP contribution is -2.37. The number of hydrogen-bond donors (Lipinski definition) is 2. The van der Waals surface area contributed by atoms with Crippen molar-refractivity contribution in [3.63, 3.8) is 0 Å². The molecule has 0 aliphatic rings. The zero-order chi connectivity index (χ0) is 20.7. The van der Waals surface area contributed by atoms with Gasteiger partial charge in [0.2, 0.25) is 10.0 Å². The summed E-state index contributed by atoms with van der Waals surface area (Å²) in [5.74, 6) is 1.43. The molecule has 10 heteroatoms. The second-order valence-electron chi connectivity index (χ2n) is 6.41. The highest BCUT2D eigenvalue weighted by Crippen LogP contribution is 2.18. The fourth-order valence-corrected chi connectivity index (χ4v) is 3.92. The first kappa shape index (κ1) is 25.4. The lowest BCUT2D eigenvalue weighted by molar-refractivity contribution is 0.380. The normalized spacial score (nSPS) is 12.0. The predicted molar refractivity (Wildman–Crippen MR) is 125 cm³/mol. The van der Waals surface area contributed by atoms with Crippen molar-refractivity contribution in [2.24, 2.45) is 4.99 Å². The lowest BCUT2D eigenvalue weighted by atomic mass is 10.1. The molecule has 1 aromatic heterocycles. The standard InChI is InChI=1S/C19H29N5O3S.HI/c1-6-16-15(17(7-2)27-23-16)13-22-19(20-3)21-12-14-10-8-9-11-18(14)28(25,26)24(4)5;/h8-11H,6-7,12-13H2,1-5H3,(H2,20,21,22);1H. The smallest absolute Gasteiger partial charge is 0.242 e. The summed E-state index contributed by atoms with van der Waals surface area (Å²) >= 11 is 0. The molecule has 29 heavy (non-hydrogen) atoms. The number of halogens is 1. The Kier molecular flexibility index (Phi) is 10.1. The largest absolute Gasteiger partial charge is 0.361 e. The molecule has 0 fully saturated rings. The zero-order valence-electron chi connectivity index (χ0n) is 17.5. The Morgan fingerprint density at radius 1 is 1.14 bits per heavy atom. The molecule has 0 aliphatic carbocycles. The van der Waals surface area contributed by atoms with Gasteiger partial charge in [-0.1, -0.05) is 37.2 Å². The average Bonchev–Trinajstić information content (AvgIpc) is 3.10. The van der Waals surface area contributed by atoms with Crippen molar-refractivity contribution >= 4 is 40.0 Å². The Morgan fingerprint density at radius 2 is 1.79 bits per heavy atom. The fourth-order valence-electron chi connectivity index (χ4n) is 2.81. The fraction of sp³-hybridized carbons (Fsp3) is 0.474. The predicted octanol–water partition coefficient (Wildman–Crippen LogP) is 2.53. The van der Waals surface area contributed by atoms with Gasteiger partial charge in [0, 0.05) is 46.2 Å². The Balaban J connectivity index is 0.00000420. The molecule has 1 heterocycles. The van der Waals surface area contributed by atoms with Crippen molar-refractivity contribution in [2.75, 3.05) is 21.1 Å². The first-order chi connectivity index (χ1) is 13.3. The minimum atomic E-state index is -3.52. The van der Waals surface area contributed by atoms with Gasteiger partial charge in [0.15, 0.2) is 5.96 Å². The molecular weight excluding hydrogens is 505 g/mol. The Hall–Kier alpha value is -1.66. The Bertz CT molecular complexity index is 904. The molecule has 0 bridgehead atoms. The van der Waals surface area contributed by atoms with Crippen LogP contribution in [0.5, 0.6) is 0 Å². The first-order valence-electron chi connectivity index (χ1n) is 9.26. The maximum Gasteiger partial charge on any atom is 0.242 e. The molecule has 2 rings (SSSR count). The van der Waals surface area contributed by atoms with Crippen LogP contribution >= 0.6 is 24.0 Å². The van der Waals surface area contributed by atoms with Crippen LogP contribution in [0.25, 0.3) is 0 Å². The third kappa shape index (κ3) is 6.16. The van der Waals surface area contributed by atoms with Crippen LogP contribution in [0.3, 0.4) is 0 Å². The van der Waals surface area contributed by atoms with Crippen LogP contribution in [-0.2, 0) is 36.0 Å². The van der Waals surface area contributed by atoms with E-state index in [2.05, 4.69) is 20.8 Å². The molecule has 1 aromatic carbocycles. The minimum Gasteiger partial charge on any atom is -0.361 e. The number of aryl methyl sites for hydroxylation is 2. The topological polar surface area (TPSA) is 99.8 Å². The summed E-state index contributed by atoms with van der Waals surface area (Å²) < 4.78 is 31.6. The van der Waals surface area contributed by atoms with Crippen molar-refractivity contribution in [2.45, 2.75) is 44.7 Å². The van der Waals surface area contributed by atoms with Crippen LogP contribution < -0.4 is 10.6 Å². The number of nitrogens with zero attached hydrogens (tertiary/aromatic N) is 3. The van der Waals surface area contributed by atoms with E-state index < -0.39 is 10.0 Å². The maximum absolute atomic E-state index is 12.5. The zero-order valence-corrected chi connectivity index (χ0v) is 20.7. The van der Waals surface area contributed by atoms with E-state index in [4.69, 9.17) is 4.52 Å². The molecule has 2 aromatic rings. The van der Waals surface area contributed by atoms with Crippen molar-refractivity contribution in [1.82, 2.24) is 20.1 Å². The third-order valence-corrected chi connectivity index (χ3v) is 6.36. The Morgan fingerprint density at radius 3 is 2.38 bits per heavy atom. The number of aromatic nitrogens is 1. The van der Waals surface area contributed by atoms with Crippen LogP contribution in [0.1, 0.15) is 36.4 Å². The summed E-state index contributed by atoms with van der Waals surface area (Å²) in [6, 6.07) is 6.94. The van der Waals surface area contributed by atoms with Gasteiger partial charge in [-0.3, -0.25) is 4.99 Å². The van der Waals surface area contributed by atoms with Gasteiger partial charge in [0.05, 0.1) is 10.6 Å². The molecule has 0 atom stereocenters. The van der Waals surface area contributed by atoms with E-state index in [-0.39, 0.29) is 28.9 Å². The highest BCUT2D eigenvalue weighted by atomic mass is 127. The number of guanidine groups is 1. The number of nitrogens with one attached hydrogen (secondary N) is 2. The van der Waals surface area contributed by atoms with Gasteiger partial charge in [-0.15, -0.1) is 24.0 Å². The highest BCUT2D eigenvalue weighted by molar-refractivity contribution is 14.0. The summed E-state index contributed by atoms with van der Waals surface area (Å²) in [4.78, 5) is 4.51. The first-order valence-corrected chi connectivity index (χ1v) is 10.7. The monoisotopic (exact) mass is 535 g/mol. The molecule has 2 N–H and O–H groups in total. The van der Waals surface area contributed by atoms with E-state index in [1.165, 1.54) is 18.4 Å². The van der Waals surface area contributed by atoms with Crippen LogP contribution in [0, 0.1) is 0 Å². The van der Waals surface area contributed by atoms with Crippen LogP contribution in [0.2, 0.25) is 0 Å². The van der Waals surface area contributed by atoms with Gasteiger partial charge >= 0.3 is 0 Å². The van der Waals surface area contributed by atoms with E-state index in [0.717, 1.165) is 29.9 Å². The van der Waals surface area contributed by atoms with Gasteiger partial charge in [0.1, 0.15) is 5.76 Å². The number of hydrogen-bond acceptors (Lipinski definition) is 5. The summed E-state index contributed by atoms with van der Waals surface area (Å²) in [6.45, 7) is 4.93. The lowest BCUT2D eigenvalue weighted by Gasteiger charge is -2.17. The molecule has 0 radical (unpaired) electrons. The highest BCUT2D eigenvalue weighted by Gasteiger charge is 2.20. The SMILES string of the molecule is CCc1noc(CC)c1CNC(=NC)NCc1ccccc1S(=O)(=O)N(C)C.I. The van der Waals surface area contributed by atoms with Gasteiger partial charge < -0.3 is 15.2 Å². The maximum atomic E-state index is 12.5. The van der Waals surface area contributed by atoms with E-state index in [1.54, 1.807) is 25.2 Å². The van der Waals surface area contributed by atoms with Gasteiger partial charge in [0.25, 0.3) is 0 Å². The van der Waals surface area contributed by atoms with E-state index >= 15 is 0 Å². The second kappa shape index (κ2) is 11.5. The van der Waals surface area contributed by atoms with Gasteiger partial charge in [-0.05, 0) is 18.1 Å². The van der Waals surface area contributed by atoms with E-state index in [1.807, 2.05) is 19.9 Å². The van der Waals surface area contributed by atoms with Crippen LogP contribution in [0.4, 0.5) is 0 Å². The molecule has 0 saturated carbocycles. The number of benzene rings is 1. The summed E-state index contributed by atoms with van der Waals surface area (Å²) in [6.07, 6.45) is 1.56. The van der Waals surface area contributed by atoms with Crippen molar-refractivity contribution < 1.29 is 12.9 Å². The van der Waals surface area contributed by atoms with E-state index in [0.29, 0.717) is 24.6 Å². The molecule has 162 valence electrons. The van der Waals surface area contributed by atoms with E-state index in [9.17, 15) is 8.42 Å². The van der Waals surface area contributed by atoms with Crippen LogP contribution in [0.15, 0.2) is 38.7 Å². The number of rotatable bonds is 8. The summed E-state index contributed by atoms with van der Waals surface area (Å²) in [5, 5.41) is 10.5. The van der Waals surface area contributed by atoms with Gasteiger partial charge in [-0.2, -0.15) is 0 Å². The minimum absolute atomic E-state index is 0. The summed E-state index contributed by atoms with van der Waals surface area (Å²) in [5.41, 5.74) is 2.65.